The van der Waals surface area contributed by atoms with Gasteiger partial charge in [-0.05, 0) is 35.8 Å². The summed E-state index contributed by atoms with van der Waals surface area (Å²) >= 11 is 0. The highest BCUT2D eigenvalue weighted by molar-refractivity contribution is 5.28. The Morgan fingerprint density at radius 3 is 2.83 bits per heavy atom. The summed E-state index contributed by atoms with van der Waals surface area (Å²) in [6.07, 6.45) is 5.82. The summed E-state index contributed by atoms with van der Waals surface area (Å²) in [4.78, 5) is 4.24. The summed E-state index contributed by atoms with van der Waals surface area (Å²) in [5.41, 5.74) is 4.41. The maximum absolute atomic E-state index is 5.70. The molecule has 1 aliphatic carbocycles. The molecule has 2 atom stereocenters. The monoisotopic (exact) mass is 249 g/mol. The Bertz CT molecular complexity index is 406. The summed E-state index contributed by atoms with van der Waals surface area (Å²) in [7, 11) is 0. The van der Waals surface area contributed by atoms with E-state index >= 15 is 0 Å². The van der Waals surface area contributed by atoms with Crippen molar-refractivity contribution >= 4 is 0 Å². The molecular formula is C14H23N3O. The molecule has 0 bridgehead atoms. The van der Waals surface area contributed by atoms with Gasteiger partial charge in [-0.3, -0.25) is 16.3 Å². The van der Waals surface area contributed by atoms with Crippen LogP contribution in [-0.2, 0) is 0 Å². The van der Waals surface area contributed by atoms with Crippen LogP contribution in [0.3, 0.4) is 0 Å². The Kier molecular flexibility index (Phi) is 3.88. The van der Waals surface area contributed by atoms with Gasteiger partial charge in [-0.25, -0.2) is 0 Å². The lowest BCUT2D eigenvalue weighted by Gasteiger charge is -2.18. The third-order valence-electron chi connectivity index (χ3n) is 3.74. The highest BCUT2D eigenvalue weighted by Crippen LogP contribution is 2.57. The second-order valence-corrected chi connectivity index (χ2v) is 5.75. The van der Waals surface area contributed by atoms with Crippen LogP contribution >= 0.6 is 0 Å². The van der Waals surface area contributed by atoms with E-state index in [9.17, 15) is 0 Å². The number of nitrogens with zero attached hydrogens (tertiary/aromatic N) is 1. The van der Waals surface area contributed by atoms with Crippen LogP contribution in [0, 0.1) is 11.3 Å². The van der Waals surface area contributed by atoms with Crippen molar-refractivity contribution in [2.75, 3.05) is 6.61 Å². The molecule has 4 heteroatoms. The third kappa shape index (κ3) is 2.82. The number of rotatable bonds is 6. The third-order valence-corrected chi connectivity index (χ3v) is 3.74. The molecule has 0 aromatic carbocycles. The molecule has 1 saturated carbocycles. The average molecular weight is 249 g/mol. The van der Waals surface area contributed by atoms with Gasteiger partial charge in [-0.1, -0.05) is 20.8 Å². The van der Waals surface area contributed by atoms with Gasteiger partial charge < -0.3 is 4.74 Å². The molecule has 0 aliphatic heterocycles. The fourth-order valence-electron chi connectivity index (χ4n) is 2.43. The molecule has 1 aliphatic rings. The number of hydrazine groups is 1. The van der Waals surface area contributed by atoms with Gasteiger partial charge in [0, 0.05) is 6.20 Å². The lowest BCUT2D eigenvalue weighted by molar-refractivity contribution is 0.314. The SMILES string of the molecule is CCCOc1cncc(C(NN)C2CC2(C)C)c1. The fourth-order valence-corrected chi connectivity index (χ4v) is 2.43. The summed E-state index contributed by atoms with van der Waals surface area (Å²) in [5, 5.41) is 0. The number of ether oxygens (including phenoxy) is 1. The number of aromatic nitrogens is 1. The van der Waals surface area contributed by atoms with Crippen LogP contribution in [0.15, 0.2) is 18.5 Å². The van der Waals surface area contributed by atoms with E-state index in [0.717, 1.165) is 24.3 Å². The molecule has 2 rings (SSSR count). The van der Waals surface area contributed by atoms with E-state index in [-0.39, 0.29) is 6.04 Å². The number of hydrogen-bond donors (Lipinski definition) is 2. The topological polar surface area (TPSA) is 60.2 Å². The second kappa shape index (κ2) is 5.24. The van der Waals surface area contributed by atoms with E-state index in [2.05, 4.69) is 31.2 Å². The van der Waals surface area contributed by atoms with Crippen LogP contribution in [0.1, 0.15) is 45.2 Å². The molecule has 1 aromatic rings. The van der Waals surface area contributed by atoms with Crippen molar-refractivity contribution < 1.29 is 4.74 Å². The summed E-state index contributed by atoms with van der Waals surface area (Å²) in [6.45, 7) is 7.36. The maximum atomic E-state index is 5.70. The van der Waals surface area contributed by atoms with Gasteiger partial charge in [-0.2, -0.15) is 0 Å². The van der Waals surface area contributed by atoms with Crippen molar-refractivity contribution in [1.29, 1.82) is 0 Å². The van der Waals surface area contributed by atoms with Crippen molar-refractivity contribution in [3.8, 4) is 5.75 Å². The first kappa shape index (κ1) is 13.3. The molecule has 1 heterocycles. The molecule has 0 radical (unpaired) electrons. The molecule has 0 saturated heterocycles. The second-order valence-electron chi connectivity index (χ2n) is 5.75. The van der Waals surface area contributed by atoms with Gasteiger partial charge in [0.05, 0.1) is 18.8 Å². The molecule has 100 valence electrons. The summed E-state index contributed by atoms with van der Waals surface area (Å²) in [6, 6.07) is 2.21. The lowest BCUT2D eigenvalue weighted by atomic mass is 9.99. The van der Waals surface area contributed by atoms with Crippen LogP contribution in [0.25, 0.3) is 0 Å². The number of hydrogen-bond acceptors (Lipinski definition) is 4. The fraction of sp³-hybridized carbons (Fsp3) is 0.643. The lowest BCUT2D eigenvalue weighted by Crippen LogP contribution is -2.30. The first-order chi connectivity index (χ1) is 8.58. The molecule has 0 amide bonds. The van der Waals surface area contributed by atoms with E-state index in [0.29, 0.717) is 11.3 Å². The zero-order valence-corrected chi connectivity index (χ0v) is 11.4. The Morgan fingerprint density at radius 2 is 2.28 bits per heavy atom. The van der Waals surface area contributed by atoms with Crippen LogP contribution in [0.5, 0.6) is 5.75 Å². The van der Waals surface area contributed by atoms with Gasteiger partial charge in [0.2, 0.25) is 0 Å². The van der Waals surface area contributed by atoms with E-state index < -0.39 is 0 Å². The average Bonchev–Trinajstić information content (AvgIpc) is 2.97. The predicted octanol–water partition coefficient (Wildman–Crippen LogP) is 2.42. The van der Waals surface area contributed by atoms with Crippen molar-refractivity contribution in [2.24, 2.45) is 17.2 Å². The minimum Gasteiger partial charge on any atom is -0.492 e. The van der Waals surface area contributed by atoms with Gasteiger partial charge >= 0.3 is 0 Å². The Hall–Kier alpha value is -1.13. The normalized spacial score (nSPS) is 22.6. The van der Waals surface area contributed by atoms with Gasteiger partial charge in [0.1, 0.15) is 5.75 Å². The van der Waals surface area contributed by atoms with Crippen LogP contribution in [0.4, 0.5) is 0 Å². The molecule has 4 nitrogen and oxygen atoms in total. The molecule has 1 aromatic heterocycles. The van der Waals surface area contributed by atoms with Gasteiger partial charge in [0.25, 0.3) is 0 Å². The molecule has 3 N–H and O–H groups in total. The Labute approximate surface area is 109 Å². The Morgan fingerprint density at radius 1 is 1.56 bits per heavy atom. The van der Waals surface area contributed by atoms with Crippen molar-refractivity contribution in [1.82, 2.24) is 10.4 Å². The minimum absolute atomic E-state index is 0.165. The van der Waals surface area contributed by atoms with Crippen LogP contribution < -0.4 is 16.0 Å². The van der Waals surface area contributed by atoms with Crippen LogP contribution in [0.2, 0.25) is 0 Å². The molecular weight excluding hydrogens is 226 g/mol. The van der Waals surface area contributed by atoms with E-state index in [1.807, 2.05) is 12.3 Å². The van der Waals surface area contributed by atoms with E-state index in [4.69, 9.17) is 10.6 Å². The number of pyridine rings is 1. The van der Waals surface area contributed by atoms with E-state index in [1.165, 1.54) is 6.42 Å². The number of nitrogens with one attached hydrogen (secondary N) is 1. The minimum atomic E-state index is 0.165. The Balaban J connectivity index is 2.11. The quantitative estimate of drug-likeness (QED) is 0.600. The van der Waals surface area contributed by atoms with Crippen LogP contribution in [-0.4, -0.2) is 11.6 Å². The number of nitrogens with two attached hydrogens (primary N) is 1. The maximum Gasteiger partial charge on any atom is 0.137 e. The summed E-state index contributed by atoms with van der Waals surface area (Å²) < 4.78 is 5.61. The summed E-state index contributed by atoms with van der Waals surface area (Å²) in [5.74, 6) is 7.10. The molecule has 18 heavy (non-hydrogen) atoms. The zero-order valence-electron chi connectivity index (χ0n) is 11.4. The largest absolute Gasteiger partial charge is 0.492 e. The van der Waals surface area contributed by atoms with Crippen molar-refractivity contribution in [3.05, 3.63) is 24.0 Å². The smallest absolute Gasteiger partial charge is 0.137 e. The van der Waals surface area contributed by atoms with E-state index in [1.54, 1.807) is 6.20 Å². The zero-order chi connectivity index (χ0) is 13.2. The first-order valence-corrected chi connectivity index (χ1v) is 6.62. The highest BCUT2D eigenvalue weighted by atomic mass is 16.5. The van der Waals surface area contributed by atoms with Crippen molar-refractivity contribution in [3.63, 3.8) is 0 Å². The van der Waals surface area contributed by atoms with Gasteiger partial charge in [-0.15, -0.1) is 0 Å². The molecule has 1 fully saturated rings. The molecule has 0 spiro atoms. The van der Waals surface area contributed by atoms with Crippen molar-refractivity contribution in [2.45, 2.75) is 39.7 Å². The highest BCUT2D eigenvalue weighted by Gasteiger charge is 2.50. The first-order valence-electron chi connectivity index (χ1n) is 6.62. The van der Waals surface area contributed by atoms with Gasteiger partial charge in [0.15, 0.2) is 0 Å². The standard InChI is InChI=1S/C14H23N3O/c1-4-5-18-11-6-10(8-16-9-11)13(17-15)12-7-14(12,2)3/h6,8-9,12-13,17H,4-5,7,15H2,1-3H3. The predicted molar refractivity (Wildman–Crippen MR) is 72.0 cm³/mol. The molecule has 2 unspecified atom stereocenters.